The molecule has 0 saturated carbocycles. The van der Waals surface area contributed by atoms with Gasteiger partial charge in [-0.1, -0.05) is 0 Å². The van der Waals surface area contributed by atoms with E-state index in [-0.39, 0.29) is 4.77 Å². The minimum atomic E-state index is -4.64. The smallest absolute Gasteiger partial charge is 0.432 e. The molecule has 18 heteroatoms. The Balaban J connectivity index is 2.09. The molecule has 0 aromatic carbocycles. The standard InChI is InChI=1S/C20H31N2O14PS/c1-11(2)34-18(25)29-9-32-37(28,33-10-30-19(26)35-12(3)4)31-8-13-15(24)20(5,27)16(36-13)22-7-6-14(23)21-17(22)38/h6-7,11-13,15-16,24,27H,8-10H2,1-5H3,(H,21,23,38)/t13-,15?,16-,20-/m1/s1. The Morgan fingerprint density at radius 2 is 1.66 bits per heavy atom. The molecule has 0 aliphatic carbocycles. The second-order valence-electron chi connectivity index (χ2n) is 8.57. The van der Waals surface area contributed by atoms with Crippen molar-refractivity contribution in [2.45, 2.75) is 70.9 Å². The molecule has 38 heavy (non-hydrogen) atoms. The van der Waals surface area contributed by atoms with Crippen LogP contribution in [0.2, 0.25) is 0 Å². The number of nitrogens with zero attached hydrogens (tertiary/aromatic N) is 1. The maximum atomic E-state index is 13.1. The quantitative estimate of drug-likeness (QED) is 0.139. The third kappa shape index (κ3) is 9.13. The first kappa shape index (κ1) is 31.8. The number of hydrogen-bond donors (Lipinski definition) is 3. The predicted molar refractivity (Wildman–Crippen MR) is 127 cm³/mol. The van der Waals surface area contributed by atoms with Crippen LogP contribution >= 0.6 is 20.0 Å². The van der Waals surface area contributed by atoms with Gasteiger partial charge in [0.1, 0.15) is 17.8 Å². The fourth-order valence-electron chi connectivity index (χ4n) is 3.00. The van der Waals surface area contributed by atoms with Gasteiger partial charge in [0.15, 0.2) is 11.0 Å². The van der Waals surface area contributed by atoms with Crippen molar-refractivity contribution in [3.8, 4) is 0 Å². The molecule has 1 aliphatic rings. The highest BCUT2D eigenvalue weighted by molar-refractivity contribution is 7.71. The number of H-pyrrole nitrogens is 1. The summed E-state index contributed by atoms with van der Waals surface area (Å²) in [4.78, 5) is 36.9. The number of aliphatic hydroxyl groups is 2. The molecule has 1 aliphatic heterocycles. The van der Waals surface area contributed by atoms with Gasteiger partial charge in [-0.25, -0.2) is 23.2 Å². The van der Waals surface area contributed by atoms with E-state index in [1.807, 2.05) is 0 Å². The first-order chi connectivity index (χ1) is 17.6. The minimum Gasteiger partial charge on any atom is -0.432 e. The first-order valence-electron chi connectivity index (χ1n) is 11.2. The molecule has 16 nitrogen and oxygen atoms in total. The molecule has 0 bridgehead atoms. The van der Waals surface area contributed by atoms with Crippen LogP contribution in [-0.4, -0.2) is 82.3 Å². The van der Waals surface area contributed by atoms with Crippen molar-refractivity contribution in [3.63, 3.8) is 0 Å². The molecule has 0 radical (unpaired) electrons. The van der Waals surface area contributed by atoms with Gasteiger partial charge >= 0.3 is 20.1 Å². The van der Waals surface area contributed by atoms with Crippen LogP contribution in [-0.2, 0) is 41.8 Å². The molecule has 2 rings (SSSR count). The SMILES string of the molecule is CC(C)OC(=O)OCOP(=O)(OCOC(=O)OC(C)C)OC[C@H]1O[C@@H](n2ccc(=O)[nH]c2=S)[C@](C)(O)C1O. The van der Waals surface area contributed by atoms with Crippen molar-refractivity contribution in [2.24, 2.45) is 0 Å². The van der Waals surface area contributed by atoms with Crippen molar-refractivity contribution in [3.05, 3.63) is 27.4 Å². The van der Waals surface area contributed by atoms with Crippen LogP contribution in [0.25, 0.3) is 0 Å². The first-order valence-corrected chi connectivity index (χ1v) is 13.1. The molecule has 2 heterocycles. The highest BCUT2D eigenvalue weighted by Crippen LogP contribution is 2.50. The number of carbonyl (C=O) groups is 2. The van der Waals surface area contributed by atoms with Gasteiger partial charge in [0.05, 0.1) is 18.8 Å². The molecule has 1 aromatic heterocycles. The van der Waals surface area contributed by atoms with Crippen molar-refractivity contribution in [2.75, 3.05) is 20.2 Å². The number of hydrogen-bond acceptors (Lipinski definition) is 15. The lowest BCUT2D eigenvalue weighted by molar-refractivity contribution is -0.0984. The Kier molecular flexibility index (Phi) is 11.4. The molecule has 3 N–H and O–H groups in total. The predicted octanol–water partition coefficient (Wildman–Crippen LogP) is 2.11. The third-order valence-electron chi connectivity index (χ3n) is 4.69. The number of aromatic amines is 1. The summed E-state index contributed by atoms with van der Waals surface area (Å²) in [7, 11) is -4.64. The average molecular weight is 587 g/mol. The van der Waals surface area contributed by atoms with Crippen LogP contribution in [0.3, 0.4) is 0 Å². The Morgan fingerprint density at radius 3 is 2.13 bits per heavy atom. The van der Waals surface area contributed by atoms with E-state index in [1.54, 1.807) is 27.7 Å². The summed E-state index contributed by atoms with van der Waals surface area (Å²) in [6.45, 7) is 4.97. The number of aromatic nitrogens is 2. The molecule has 4 atom stereocenters. The van der Waals surface area contributed by atoms with Gasteiger partial charge in [0, 0.05) is 12.3 Å². The van der Waals surface area contributed by atoms with Gasteiger partial charge in [0.2, 0.25) is 13.6 Å². The van der Waals surface area contributed by atoms with Gasteiger partial charge in [-0.05, 0) is 46.8 Å². The van der Waals surface area contributed by atoms with Crippen LogP contribution in [0, 0.1) is 4.77 Å². The zero-order chi connectivity index (χ0) is 28.7. The number of nitrogens with one attached hydrogen (secondary N) is 1. The lowest BCUT2D eigenvalue weighted by Gasteiger charge is -2.28. The van der Waals surface area contributed by atoms with E-state index in [0.717, 1.165) is 6.07 Å². The zero-order valence-electron chi connectivity index (χ0n) is 21.3. The van der Waals surface area contributed by atoms with Crippen molar-refractivity contribution in [1.29, 1.82) is 0 Å². The summed E-state index contributed by atoms with van der Waals surface area (Å²) in [6, 6.07) is 1.13. The summed E-state index contributed by atoms with van der Waals surface area (Å²) in [5, 5.41) is 21.5. The Labute approximate surface area is 222 Å². The van der Waals surface area contributed by atoms with Crippen LogP contribution < -0.4 is 5.56 Å². The minimum absolute atomic E-state index is 0.0928. The third-order valence-corrected chi connectivity index (χ3v) is 6.32. The van der Waals surface area contributed by atoms with Gasteiger partial charge in [-0.3, -0.25) is 18.9 Å². The highest BCUT2D eigenvalue weighted by atomic mass is 32.1. The lowest BCUT2D eigenvalue weighted by atomic mass is 9.96. The summed E-state index contributed by atoms with van der Waals surface area (Å²) >= 11 is 5.09. The number of phosphoric acid groups is 1. The molecule has 216 valence electrons. The van der Waals surface area contributed by atoms with Gasteiger partial charge in [0.25, 0.3) is 5.56 Å². The van der Waals surface area contributed by atoms with Gasteiger partial charge < -0.3 is 33.9 Å². The number of phosphoric ester groups is 1. The van der Waals surface area contributed by atoms with E-state index in [2.05, 4.69) is 14.5 Å². The second-order valence-corrected chi connectivity index (χ2v) is 10.6. The highest BCUT2D eigenvalue weighted by Gasteiger charge is 2.53. The number of rotatable bonds is 12. The van der Waals surface area contributed by atoms with Crippen LogP contribution in [0.1, 0.15) is 40.8 Å². The zero-order valence-corrected chi connectivity index (χ0v) is 23.0. The monoisotopic (exact) mass is 586 g/mol. The summed E-state index contributed by atoms with van der Waals surface area (Å²) in [5.74, 6) is 0. The van der Waals surface area contributed by atoms with E-state index in [9.17, 15) is 29.2 Å². The Morgan fingerprint density at radius 1 is 1.13 bits per heavy atom. The molecule has 1 saturated heterocycles. The van der Waals surface area contributed by atoms with Gasteiger partial charge in [-0.15, -0.1) is 0 Å². The van der Waals surface area contributed by atoms with E-state index in [0.29, 0.717) is 0 Å². The molecule has 0 amide bonds. The molecular weight excluding hydrogens is 555 g/mol. The van der Waals surface area contributed by atoms with E-state index >= 15 is 0 Å². The normalized spacial score (nSPS) is 23.4. The topological polar surface area (TPSA) is 203 Å². The average Bonchev–Trinajstić information content (AvgIpc) is 3.00. The maximum Gasteiger partial charge on any atom is 0.510 e. The summed E-state index contributed by atoms with van der Waals surface area (Å²) in [6.07, 6.45) is -6.20. The number of ether oxygens (including phenoxy) is 5. The fourth-order valence-corrected chi connectivity index (χ4v) is 4.17. The summed E-state index contributed by atoms with van der Waals surface area (Å²) in [5.41, 5.74) is -2.43. The Bertz CT molecular complexity index is 1090. The number of carbonyl (C=O) groups excluding carboxylic acids is 2. The van der Waals surface area contributed by atoms with Crippen LogP contribution in [0.5, 0.6) is 0 Å². The van der Waals surface area contributed by atoms with Crippen molar-refractivity contribution >= 4 is 32.4 Å². The van der Waals surface area contributed by atoms with E-state index < -0.39 is 82.1 Å². The maximum absolute atomic E-state index is 13.1. The van der Waals surface area contributed by atoms with E-state index in [1.165, 1.54) is 17.7 Å². The van der Waals surface area contributed by atoms with Gasteiger partial charge in [-0.2, -0.15) is 0 Å². The molecule has 0 spiro atoms. The number of aliphatic hydroxyl groups excluding tert-OH is 1. The molecule has 1 unspecified atom stereocenters. The van der Waals surface area contributed by atoms with Crippen LogP contribution in [0.4, 0.5) is 9.59 Å². The molecule has 1 aromatic rings. The largest absolute Gasteiger partial charge is 0.510 e. The summed E-state index contributed by atoms with van der Waals surface area (Å²) < 4.78 is 53.7. The van der Waals surface area contributed by atoms with Crippen molar-refractivity contribution in [1.82, 2.24) is 9.55 Å². The molecule has 1 fully saturated rings. The molecular formula is C20H31N2O14PS. The Hall–Kier alpha value is -2.37. The lowest BCUT2D eigenvalue weighted by Crippen LogP contribution is -2.44. The fraction of sp³-hybridized carbons (Fsp3) is 0.700. The van der Waals surface area contributed by atoms with Crippen molar-refractivity contribution < 1.29 is 61.6 Å². The van der Waals surface area contributed by atoms with Crippen LogP contribution in [0.15, 0.2) is 17.1 Å². The second kappa shape index (κ2) is 13.6. The van der Waals surface area contributed by atoms with E-state index in [4.69, 9.17) is 40.0 Å².